The number of carbonyl (C=O) groups excluding carboxylic acids is 2. The Morgan fingerprint density at radius 3 is 2.35 bits per heavy atom. The predicted molar refractivity (Wildman–Crippen MR) is 86.7 cm³/mol. The van der Waals surface area contributed by atoms with E-state index in [2.05, 4.69) is 5.32 Å². The molecule has 1 unspecified atom stereocenters. The maximum absolute atomic E-state index is 11.8. The van der Waals surface area contributed by atoms with Crippen LogP contribution in [0.5, 0.6) is 0 Å². The van der Waals surface area contributed by atoms with Gasteiger partial charge in [-0.05, 0) is 65.2 Å². The van der Waals surface area contributed by atoms with Gasteiger partial charge in [-0.15, -0.1) is 0 Å². The van der Waals surface area contributed by atoms with Crippen LogP contribution in [0.25, 0.3) is 0 Å². The molecule has 1 aliphatic carbocycles. The summed E-state index contributed by atoms with van der Waals surface area (Å²) in [4.78, 5) is 23.4. The number of alkyl carbamates (subject to hydrolysis) is 1. The summed E-state index contributed by atoms with van der Waals surface area (Å²) in [6.07, 6.45) is 3.08. The van der Waals surface area contributed by atoms with E-state index in [1.54, 1.807) is 20.8 Å². The van der Waals surface area contributed by atoms with E-state index < -0.39 is 17.9 Å². The van der Waals surface area contributed by atoms with Crippen LogP contribution >= 0.6 is 0 Å². The molecule has 1 atom stereocenters. The van der Waals surface area contributed by atoms with E-state index in [4.69, 9.17) is 9.47 Å². The van der Waals surface area contributed by atoms with Gasteiger partial charge in [-0.3, -0.25) is 10.1 Å². The zero-order chi connectivity index (χ0) is 17.5. The SMILES string of the molecule is CCCOC(=O)C1CCC(CC(O)NC(=O)OC(C)(C)C)CC1. The molecule has 0 aromatic heterocycles. The Morgan fingerprint density at radius 2 is 1.83 bits per heavy atom. The smallest absolute Gasteiger partial charge is 0.409 e. The molecule has 0 aromatic carbocycles. The highest BCUT2D eigenvalue weighted by Crippen LogP contribution is 2.32. The molecule has 1 fully saturated rings. The standard InChI is InChI=1S/C17H31NO5/c1-5-10-22-15(20)13-8-6-12(7-9-13)11-14(19)18-16(21)23-17(2,3)4/h12-14,19H,5-11H2,1-4H3,(H,18,21). The van der Waals surface area contributed by atoms with Crippen LogP contribution in [-0.4, -0.2) is 35.6 Å². The molecule has 2 N–H and O–H groups in total. The van der Waals surface area contributed by atoms with Gasteiger partial charge in [-0.25, -0.2) is 4.79 Å². The lowest BCUT2D eigenvalue weighted by molar-refractivity contribution is -0.150. The highest BCUT2D eigenvalue weighted by atomic mass is 16.6. The van der Waals surface area contributed by atoms with Crippen LogP contribution in [-0.2, 0) is 14.3 Å². The van der Waals surface area contributed by atoms with Gasteiger partial charge in [0.15, 0.2) is 0 Å². The molecule has 0 bridgehead atoms. The fraction of sp³-hybridized carbons (Fsp3) is 0.882. The molecule has 0 radical (unpaired) electrons. The average molecular weight is 329 g/mol. The van der Waals surface area contributed by atoms with Crippen molar-refractivity contribution in [3.63, 3.8) is 0 Å². The van der Waals surface area contributed by atoms with Gasteiger partial charge >= 0.3 is 12.1 Å². The van der Waals surface area contributed by atoms with Crippen LogP contribution in [0.4, 0.5) is 4.79 Å². The topological polar surface area (TPSA) is 84.9 Å². The first-order valence-electron chi connectivity index (χ1n) is 8.55. The van der Waals surface area contributed by atoms with Crippen molar-refractivity contribution < 1.29 is 24.2 Å². The summed E-state index contributed by atoms with van der Waals surface area (Å²) in [6, 6.07) is 0. The lowest BCUT2D eigenvalue weighted by Crippen LogP contribution is -2.40. The van der Waals surface area contributed by atoms with Crippen molar-refractivity contribution in [1.29, 1.82) is 0 Å². The minimum absolute atomic E-state index is 0.0197. The largest absolute Gasteiger partial charge is 0.465 e. The lowest BCUT2D eigenvalue weighted by atomic mass is 9.80. The fourth-order valence-electron chi connectivity index (χ4n) is 2.77. The summed E-state index contributed by atoms with van der Waals surface area (Å²) in [7, 11) is 0. The van der Waals surface area contributed by atoms with Crippen molar-refractivity contribution in [2.24, 2.45) is 11.8 Å². The number of hydrogen-bond acceptors (Lipinski definition) is 5. The van der Waals surface area contributed by atoms with Crippen LogP contribution in [0.3, 0.4) is 0 Å². The minimum Gasteiger partial charge on any atom is -0.465 e. The maximum atomic E-state index is 11.8. The number of esters is 1. The number of aliphatic hydroxyl groups is 1. The maximum Gasteiger partial charge on any atom is 0.409 e. The van der Waals surface area contributed by atoms with E-state index >= 15 is 0 Å². The Balaban J connectivity index is 2.27. The molecule has 0 aromatic rings. The van der Waals surface area contributed by atoms with Crippen molar-refractivity contribution in [2.45, 2.75) is 78.0 Å². The van der Waals surface area contributed by atoms with E-state index in [0.29, 0.717) is 18.9 Å². The van der Waals surface area contributed by atoms with E-state index in [0.717, 1.165) is 32.1 Å². The number of rotatable bonds is 6. The van der Waals surface area contributed by atoms with Crippen LogP contribution in [0.2, 0.25) is 0 Å². The summed E-state index contributed by atoms with van der Waals surface area (Å²) < 4.78 is 10.3. The summed E-state index contributed by atoms with van der Waals surface area (Å²) in [6.45, 7) is 7.79. The average Bonchev–Trinajstić information content (AvgIpc) is 2.43. The second-order valence-electron chi connectivity index (χ2n) is 7.28. The van der Waals surface area contributed by atoms with Crippen molar-refractivity contribution >= 4 is 12.1 Å². The number of hydrogen-bond donors (Lipinski definition) is 2. The van der Waals surface area contributed by atoms with Gasteiger partial charge in [0.25, 0.3) is 0 Å². The first-order chi connectivity index (χ1) is 10.7. The highest BCUT2D eigenvalue weighted by Gasteiger charge is 2.29. The van der Waals surface area contributed by atoms with Crippen LogP contribution in [0.15, 0.2) is 0 Å². The second kappa shape index (κ2) is 9.11. The summed E-state index contributed by atoms with van der Waals surface area (Å²) in [5, 5.41) is 12.4. The van der Waals surface area contributed by atoms with E-state index in [1.807, 2.05) is 6.92 Å². The predicted octanol–water partition coefficient (Wildman–Crippen LogP) is 2.98. The Labute approximate surface area is 138 Å². The van der Waals surface area contributed by atoms with E-state index in [-0.39, 0.29) is 11.9 Å². The molecule has 0 heterocycles. The van der Waals surface area contributed by atoms with E-state index in [1.165, 1.54) is 0 Å². The quantitative estimate of drug-likeness (QED) is 0.578. The van der Waals surface area contributed by atoms with Gasteiger partial charge in [0, 0.05) is 0 Å². The van der Waals surface area contributed by atoms with Crippen molar-refractivity contribution in [1.82, 2.24) is 5.32 Å². The third-order valence-corrected chi connectivity index (χ3v) is 3.87. The van der Waals surface area contributed by atoms with E-state index in [9.17, 15) is 14.7 Å². The third-order valence-electron chi connectivity index (χ3n) is 3.87. The fourth-order valence-corrected chi connectivity index (χ4v) is 2.77. The number of ether oxygens (including phenoxy) is 2. The Kier molecular flexibility index (Phi) is 7.82. The molecule has 134 valence electrons. The van der Waals surface area contributed by atoms with Crippen molar-refractivity contribution in [2.75, 3.05) is 6.61 Å². The molecule has 6 heteroatoms. The van der Waals surface area contributed by atoms with Gasteiger partial charge in [0.2, 0.25) is 0 Å². The summed E-state index contributed by atoms with van der Waals surface area (Å²) >= 11 is 0. The number of amides is 1. The molecular weight excluding hydrogens is 298 g/mol. The van der Waals surface area contributed by atoms with Gasteiger partial charge in [0.05, 0.1) is 12.5 Å². The Morgan fingerprint density at radius 1 is 1.22 bits per heavy atom. The molecule has 0 saturated heterocycles. The number of carbonyl (C=O) groups is 2. The Hall–Kier alpha value is -1.30. The lowest BCUT2D eigenvalue weighted by Gasteiger charge is -2.29. The zero-order valence-corrected chi connectivity index (χ0v) is 14.8. The zero-order valence-electron chi connectivity index (χ0n) is 14.8. The normalized spacial score (nSPS) is 23.0. The van der Waals surface area contributed by atoms with Gasteiger partial charge in [-0.1, -0.05) is 6.92 Å². The van der Waals surface area contributed by atoms with Gasteiger partial charge in [0.1, 0.15) is 11.8 Å². The molecular formula is C17H31NO5. The van der Waals surface area contributed by atoms with Crippen molar-refractivity contribution in [3.8, 4) is 0 Å². The molecule has 0 aliphatic heterocycles. The minimum atomic E-state index is -0.918. The van der Waals surface area contributed by atoms with Crippen LogP contribution in [0, 0.1) is 11.8 Å². The molecule has 1 rings (SSSR count). The number of aliphatic hydroxyl groups excluding tert-OH is 1. The first-order valence-corrected chi connectivity index (χ1v) is 8.55. The van der Waals surface area contributed by atoms with Gasteiger partial charge in [-0.2, -0.15) is 0 Å². The summed E-state index contributed by atoms with van der Waals surface area (Å²) in [5.74, 6) is 0.182. The van der Waals surface area contributed by atoms with Gasteiger partial charge < -0.3 is 14.6 Å². The second-order valence-corrected chi connectivity index (χ2v) is 7.28. The highest BCUT2D eigenvalue weighted by molar-refractivity contribution is 5.72. The molecule has 1 amide bonds. The molecule has 6 nitrogen and oxygen atoms in total. The molecule has 23 heavy (non-hydrogen) atoms. The van der Waals surface area contributed by atoms with Crippen LogP contribution < -0.4 is 5.32 Å². The van der Waals surface area contributed by atoms with Crippen molar-refractivity contribution in [3.05, 3.63) is 0 Å². The number of nitrogens with one attached hydrogen (secondary N) is 1. The Bertz CT molecular complexity index is 383. The molecule has 1 saturated carbocycles. The molecule has 1 aliphatic rings. The first kappa shape index (κ1) is 19.7. The van der Waals surface area contributed by atoms with Crippen LogP contribution in [0.1, 0.15) is 66.2 Å². The molecule has 0 spiro atoms. The monoisotopic (exact) mass is 329 g/mol. The summed E-state index contributed by atoms with van der Waals surface area (Å²) in [5.41, 5.74) is -0.583. The third kappa shape index (κ3) is 8.21.